The zero-order valence-corrected chi connectivity index (χ0v) is 20.2. The number of hydrogen-bond acceptors (Lipinski definition) is 6. The molecule has 2 aromatic carbocycles. The molecule has 0 spiro atoms. The molecular formula is C26H21ClN2O4S. The molecule has 1 aliphatic carbocycles. The molecule has 0 atom stereocenters. The molecule has 0 N–H and O–H groups in total. The van der Waals surface area contributed by atoms with Crippen molar-refractivity contribution in [2.24, 2.45) is 0 Å². The topological polar surface area (TPSA) is 70.4 Å². The minimum absolute atomic E-state index is 0.0135. The second-order valence-electron chi connectivity index (χ2n) is 7.89. The summed E-state index contributed by atoms with van der Waals surface area (Å²) >= 11 is 7.37. The van der Waals surface area contributed by atoms with Crippen LogP contribution in [0.1, 0.15) is 28.9 Å². The zero-order valence-electron chi connectivity index (χ0n) is 18.6. The number of carbonyl (C=O) groups excluding carboxylic acids is 1. The van der Waals surface area contributed by atoms with Gasteiger partial charge in [-0.25, -0.2) is 4.98 Å². The lowest BCUT2D eigenvalue weighted by Gasteiger charge is -2.23. The summed E-state index contributed by atoms with van der Waals surface area (Å²) in [5.41, 5.74) is 3.42. The van der Waals surface area contributed by atoms with Gasteiger partial charge in [0.15, 0.2) is 5.78 Å². The number of ether oxygens (including phenoxy) is 2. The molecule has 2 aromatic heterocycles. The van der Waals surface area contributed by atoms with Gasteiger partial charge in [0.1, 0.15) is 22.2 Å². The fourth-order valence-electron chi connectivity index (χ4n) is 4.28. The van der Waals surface area contributed by atoms with Crippen molar-refractivity contribution < 1.29 is 14.3 Å². The summed E-state index contributed by atoms with van der Waals surface area (Å²) in [6.07, 6.45) is 1.73. The van der Waals surface area contributed by atoms with Crippen molar-refractivity contribution in [1.29, 1.82) is 0 Å². The van der Waals surface area contributed by atoms with Gasteiger partial charge in [-0.1, -0.05) is 29.8 Å². The number of benzene rings is 2. The van der Waals surface area contributed by atoms with Crippen LogP contribution in [-0.2, 0) is 6.42 Å². The number of thiazole rings is 1. The number of carbonyl (C=O) groups is 1. The summed E-state index contributed by atoms with van der Waals surface area (Å²) in [5.74, 6) is 0.985. The normalized spacial score (nSPS) is 13.0. The maximum atomic E-state index is 14.0. The largest absolute Gasteiger partial charge is 0.494 e. The number of rotatable bonds is 5. The number of para-hydroxylation sites is 1. The van der Waals surface area contributed by atoms with Gasteiger partial charge < -0.3 is 9.47 Å². The van der Waals surface area contributed by atoms with Crippen LogP contribution in [0.5, 0.6) is 11.5 Å². The van der Waals surface area contributed by atoms with Crippen LogP contribution >= 0.6 is 22.9 Å². The van der Waals surface area contributed by atoms with E-state index in [1.807, 2.05) is 17.5 Å². The molecule has 0 aliphatic heterocycles. The number of hydrogen-bond donors (Lipinski definition) is 0. The Morgan fingerprint density at radius 1 is 0.971 bits per heavy atom. The minimum atomic E-state index is -0.270. The van der Waals surface area contributed by atoms with E-state index < -0.39 is 0 Å². The lowest BCUT2D eigenvalue weighted by atomic mass is 9.93. The Morgan fingerprint density at radius 2 is 1.68 bits per heavy atom. The first-order valence-electron chi connectivity index (χ1n) is 10.8. The third-order valence-corrected chi connectivity index (χ3v) is 7.05. The van der Waals surface area contributed by atoms with Gasteiger partial charge >= 0.3 is 0 Å². The van der Waals surface area contributed by atoms with E-state index in [2.05, 4.69) is 0 Å². The fourth-order valence-corrected chi connectivity index (χ4v) is 5.25. The molecule has 0 bridgehead atoms. The molecule has 0 radical (unpaired) electrons. The van der Waals surface area contributed by atoms with Gasteiger partial charge in [-0.3, -0.25) is 14.2 Å². The van der Waals surface area contributed by atoms with Crippen molar-refractivity contribution in [2.75, 3.05) is 14.2 Å². The Balaban J connectivity index is 1.76. The molecule has 0 saturated carbocycles. The minimum Gasteiger partial charge on any atom is -0.494 e. The Hall–Kier alpha value is -3.42. The number of methoxy groups -OCH3 is 2. The van der Waals surface area contributed by atoms with Crippen LogP contribution < -0.4 is 15.0 Å². The molecule has 5 rings (SSSR count). The quantitative estimate of drug-likeness (QED) is 0.351. The van der Waals surface area contributed by atoms with Crippen molar-refractivity contribution in [1.82, 2.24) is 9.55 Å². The Kier molecular flexibility index (Phi) is 5.98. The highest BCUT2D eigenvalue weighted by atomic mass is 35.5. The summed E-state index contributed by atoms with van der Waals surface area (Å²) in [6.45, 7) is 0. The maximum absolute atomic E-state index is 14.0. The molecule has 0 fully saturated rings. The van der Waals surface area contributed by atoms with Crippen molar-refractivity contribution in [3.8, 4) is 39.0 Å². The highest BCUT2D eigenvalue weighted by Crippen LogP contribution is 2.36. The van der Waals surface area contributed by atoms with E-state index in [-0.39, 0.29) is 11.3 Å². The first kappa shape index (κ1) is 22.4. The average Bonchev–Trinajstić information content (AvgIpc) is 3.34. The van der Waals surface area contributed by atoms with Gasteiger partial charge in [0.25, 0.3) is 5.56 Å². The molecule has 0 unspecified atom stereocenters. The SMILES string of the molecule is COc1cccc(OC)c1-n1c2c(cc(-c3nc(-c4ccc(Cl)cc4)cs3)c1=O)C(=O)CCC2. The molecule has 2 heterocycles. The number of aromatic nitrogens is 2. The molecule has 172 valence electrons. The highest BCUT2D eigenvalue weighted by molar-refractivity contribution is 7.13. The van der Waals surface area contributed by atoms with Crippen molar-refractivity contribution >= 4 is 28.7 Å². The van der Waals surface area contributed by atoms with Gasteiger partial charge in [-0.15, -0.1) is 11.3 Å². The van der Waals surface area contributed by atoms with E-state index >= 15 is 0 Å². The number of pyridine rings is 1. The van der Waals surface area contributed by atoms with Gasteiger partial charge in [0, 0.05) is 33.6 Å². The second-order valence-corrected chi connectivity index (χ2v) is 9.19. The Bertz CT molecular complexity index is 1430. The third kappa shape index (κ3) is 3.81. The summed E-state index contributed by atoms with van der Waals surface area (Å²) in [4.78, 5) is 31.6. The van der Waals surface area contributed by atoms with Crippen LogP contribution in [0.2, 0.25) is 5.02 Å². The van der Waals surface area contributed by atoms with E-state index in [0.29, 0.717) is 63.3 Å². The maximum Gasteiger partial charge on any atom is 0.265 e. The molecule has 0 amide bonds. The predicted octanol–water partition coefficient (Wildman–Crippen LogP) is 5.82. The Labute approximate surface area is 205 Å². The highest BCUT2D eigenvalue weighted by Gasteiger charge is 2.28. The van der Waals surface area contributed by atoms with Crippen LogP contribution in [0.4, 0.5) is 0 Å². The van der Waals surface area contributed by atoms with Crippen LogP contribution in [-0.4, -0.2) is 29.6 Å². The zero-order chi connectivity index (χ0) is 23.8. The number of fused-ring (bicyclic) bond motifs is 1. The first-order chi connectivity index (χ1) is 16.5. The van der Waals surface area contributed by atoms with E-state index in [9.17, 15) is 9.59 Å². The van der Waals surface area contributed by atoms with Gasteiger partial charge in [0.2, 0.25) is 0 Å². The summed E-state index contributed by atoms with van der Waals surface area (Å²) in [5, 5.41) is 3.08. The smallest absolute Gasteiger partial charge is 0.265 e. The van der Waals surface area contributed by atoms with Crippen LogP contribution in [0, 0.1) is 0 Å². The van der Waals surface area contributed by atoms with Crippen molar-refractivity contribution in [2.45, 2.75) is 19.3 Å². The Morgan fingerprint density at radius 3 is 2.35 bits per heavy atom. The number of nitrogens with zero attached hydrogens (tertiary/aromatic N) is 2. The van der Waals surface area contributed by atoms with E-state index in [1.165, 1.54) is 11.3 Å². The lowest BCUT2D eigenvalue weighted by molar-refractivity contribution is 0.0971. The van der Waals surface area contributed by atoms with Gasteiger partial charge in [-0.2, -0.15) is 0 Å². The van der Waals surface area contributed by atoms with Crippen LogP contribution in [0.3, 0.4) is 0 Å². The average molecular weight is 493 g/mol. The predicted molar refractivity (Wildman–Crippen MR) is 134 cm³/mol. The molecule has 34 heavy (non-hydrogen) atoms. The monoisotopic (exact) mass is 492 g/mol. The molecule has 4 aromatic rings. The van der Waals surface area contributed by atoms with Crippen LogP contribution in [0.25, 0.3) is 27.5 Å². The number of Topliss-reactive ketones (excluding diaryl/α,β-unsaturated/α-hetero) is 1. The van der Waals surface area contributed by atoms with Crippen LogP contribution in [0.15, 0.2) is 58.7 Å². The molecular weight excluding hydrogens is 472 g/mol. The van der Waals surface area contributed by atoms with Gasteiger partial charge in [0.05, 0.1) is 25.5 Å². The van der Waals surface area contributed by atoms with Crippen molar-refractivity contribution in [3.63, 3.8) is 0 Å². The fraction of sp³-hybridized carbons (Fsp3) is 0.192. The summed E-state index contributed by atoms with van der Waals surface area (Å²) < 4.78 is 12.7. The molecule has 0 saturated heterocycles. The first-order valence-corrected chi connectivity index (χ1v) is 12.0. The molecule has 8 heteroatoms. The third-order valence-electron chi connectivity index (χ3n) is 5.92. The van der Waals surface area contributed by atoms with Crippen molar-refractivity contribution in [3.05, 3.63) is 80.5 Å². The van der Waals surface area contributed by atoms with E-state index in [4.69, 9.17) is 26.1 Å². The second kappa shape index (κ2) is 9.08. The molecule has 1 aliphatic rings. The number of halogens is 1. The van der Waals surface area contributed by atoms with E-state index in [0.717, 1.165) is 11.3 Å². The summed E-state index contributed by atoms with van der Waals surface area (Å²) in [7, 11) is 3.09. The molecule has 6 nitrogen and oxygen atoms in total. The summed E-state index contributed by atoms with van der Waals surface area (Å²) in [6, 6.07) is 14.4. The van der Waals surface area contributed by atoms with Gasteiger partial charge in [-0.05, 0) is 43.2 Å². The lowest BCUT2D eigenvalue weighted by Crippen LogP contribution is -2.29. The number of ketones is 1. The standard InChI is InChI=1S/C26H21ClN2O4S/c1-32-22-7-4-8-23(33-2)24(22)29-20-5-3-6-21(30)17(20)13-18(26(29)31)25-28-19(14-34-25)15-9-11-16(27)12-10-15/h4,7-14H,3,5-6H2,1-2H3. The van der Waals surface area contributed by atoms with E-state index in [1.54, 1.807) is 55.2 Å².